The SMILES string of the molecule is CCc1cc(Cc2cc(CC)c(C)c(CC)c2Cl)c(Cl)c(CC)c1C. The van der Waals surface area contributed by atoms with Gasteiger partial charge in [0.2, 0.25) is 0 Å². The Bertz CT molecular complexity index is 707. The third-order valence-corrected chi connectivity index (χ3v) is 6.45. The van der Waals surface area contributed by atoms with Gasteiger partial charge in [-0.25, -0.2) is 0 Å². The third-order valence-electron chi connectivity index (χ3n) is 5.51. The lowest BCUT2D eigenvalue weighted by atomic mass is 9.90. The van der Waals surface area contributed by atoms with Crippen LogP contribution in [0.25, 0.3) is 0 Å². The minimum absolute atomic E-state index is 0.804. The lowest BCUT2D eigenvalue weighted by Crippen LogP contribution is -2.04. The van der Waals surface area contributed by atoms with Crippen LogP contribution < -0.4 is 0 Å². The van der Waals surface area contributed by atoms with Gasteiger partial charge in [0.15, 0.2) is 0 Å². The van der Waals surface area contributed by atoms with E-state index in [0.29, 0.717) is 0 Å². The van der Waals surface area contributed by atoms with Gasteiger partial charge in [-0.15, -0.1) is 0 Å². The monoisotopic (exact) mass is 376 g/mol. The Morgan fingerprint density at radius 2 is 0.960 bits per heavy atom. The molecule has 0 aromatic heterocycles. The van der Waals surface area contributed by atoms with E-state index in [2.05, 4.69) is 53.7 Å². The summed E-state index contributed by atoms with van der Waals surface area (Å²) >= 11 is 13.6. The first-order chi connectivity index (χ1) is 11.9. The van der Waals surface area contributed by atoms with Gasteiger partial charge in [0.05, 0.1) is 0 Å². The van der Waals surface area contributed by atoms with Gasteiger partial charge in [-0.2, -0.15) is 0 Å². The van der Waals surface area contributed by atoms with E-state index in [9.17, 15) is 0 Å². The Morgan fingerprint density at radius 1 is 0.600 bits per heavy atom. The highest BCUT2D eigenvalue weighted by atomic mass is 35.5. The molecule has 0 bridgehead atoms. The van der Waals surface area contributed by atoms with Crippen LogP contribution in [0.15, 0.2) is 12.1 Å². The van der Waals surface area contributed by atoms with Crippen LogP contribution in [0, 0.1) is 13.8 Å². The average Bonchev–Trinajstić information content (AvgIpc) is 2.60. The molecule has 0 radical (unpaired) electrons. The van der Waals surface area contributed by atoms with E-state index >= 15 is 0 Å². The van der Waals surface area contributed by atoms with Crippen molar-refractivity contribution in [1.82, 2.24) is 0 Å². The van der Waals surface area contributed by atoms with E-state index in [4.69, 9.17) is 23.2 Å². The zero-order valence-corrected chi connectivity index (χ0v) is 18.0. The van der Waals surface area contributed by atoms with E-state index in [-0.39, 0.29) is 0 Å². The van der Waals surface area contributed by atoms with Crippen LogP contribution in [0.1, 0.15) is 72.2 Å². The van der Waals surface area contributed by atoms with Gasteiger partial charge in [-0.3, -0.25) is 0 Å². The first-order valence-electron chi connectivity index (χ1n) is 9.48. The molecular weight excluding hydrogens is 347 g/mol. The Kier molecular flexibility index (Phi) is 7.00. The summed E-state index contributed by atoms with van der Waals surface area (Å²) in [5, 5.41) is 1.84. The lowest BCUT2D eigenvalue weighted by Gasteiger charge is -2.19. The van der Waals surface area contributed by atoms with Gasteiger partial charge >= 0.3 is 0 Å². The summed E-state index contributed by atoms with van der Waals surface area (Å²) in [7, 11) is 0. The van der Waals surface area contributed by atoms with Crippen LogP contribution in [0.5, 0.6) is 0 Å². The molecule has 0 N–H and O–H groups in total. The van der Waals surface area contributed by atoms with E-state index in [1.807, 2.05) is 0 Å². The van der Waals surface area contributed by atoms with Crippen molar-refractivity contribution in [3.8, 4) is 0 Å². The number of hydrogen-bond donors (Lipinski definition) is 0. The molecule has 0 unspecified atom stereocenters. The van der Waals surface area contributed by atoms with Crippen LogP contribution in [-0.4, -0.2) is 0 Å². The van der Waals surface area contributed by atoms with E-state index in [1.54, 1.807) is 0 Å². The second kappa shape index (κ2) is 8.60. The fourth-order valence-electron chi connectivity index (χ4n) is 3.91. The van der Waals surface area contributed by atoms with Crippen molar-refractivity contribution in [1.29, 1.82) is 0 Å². The highest BCUT2D eigenvalue weighted by Crippen LogP contribution is 2.34. The highest BCUT2D eigenvalue weighted by Gasteiger charge is 2.16. The van der Waals surface area contributed by atoms with Crippen molar-refractivity contribution in [2.24, 2.45) is 0 Å². The topological polar surface area (TPSA) is 0 Å². The maximum Gasteiger partial charge on any atom is 0.0476 e. The summed E-state index contributed by atoms with van der Waals surface area (Å²) < 4.78 is 0. The summed E-state index contributed by atoms with van der Waals surface area (Å²) in [6.45, 7) is 13.2. The Labute approximate surface area is 163 Å². The second-order valence-corrected chi connectivity index (χ2v) is 7.57. The number of aryl methyl sites for hydroxylation is 2. The van der Waals surface area contributed by atoms with Crippen LogP contribution in [0.2, 0.25) is 10.0 Å². The number of halogens is 2. The highest BCUT2D eigenvalue weighted by molar-refractivity contribution is 6.33. The van der Waals surface area contributed by atoms with Gasteiger partial charge in [-0.1, -0.05) is 63.0 Å². The van der Waals surface area contributed by atoms with Crippen molar-refractivity contribution < 1.29 is 0 Å². The largest absolute Gasteiger partial charge is 0.0837 e. The quantitative estimate of drug-likeness (QED) is 0.490. The fraction of sp³-hybridized carbons (Fsp3) is 0.478. The minimum atomic E-state index is 0.804. The first-order valence-corrected chi connectivity index (χ1v) is 10.2. The molecule has 0 aliphatic rings. The predicted molar refractivity (Wildman–Crippen MR) is 113 cm³/mol. The molecule has 0 aliphatic heterocycles. The standard InChI is InChI=1S/C23H30Cl2/c1-7-16-11-18(22(24)20(9-3)14(16)5)13-19-12-17(8-2)15(6)21(10-4)23(19)25/h11-12H,7-10,13H2,1-6H3. The normalized spacial score (nSPS) is 11.2. The van der Waals surface area contributed by atoms with E-state index < -0.39 is 0 Å². The van der Waals surface area contributed by atoms with Gasteiger partial charge in [-0.05, 0) is 84.0 Å². The Balaban J connectivity index is 2.61. The van der Waals surface area contributed by atoms with Crippen LogP contribution >= 0.6 is 23.2 Å². The summed E-state index contributed by atoms with van der Waals surface area (Å²) in [6, 6.07) is 4.56. The van der Waals surface area contributed by atoms with Crippen LogP contribution in [-0.2, 0) is 32.1 Å². The molecule has 0 fully saturated rings. The predicted octanol–water partition coefficient (Wildman–Crippen LogP) is 7.45. The Hall–Kier alpha value is -0.980. The third kappa shape index (κ3) is 3.91. The van der Waals surface area contributed by atoms with Crippen molar-refractivity contribution in [3.63, 3.8) is 0 Å². The molecule has 2 aromatic carbocycles. The minimum Gasteiger partial charge on any atom is -0.0837 e. The molecule has 2 rings (SSSR count). The smallest absolute Gasteiger partial charge is 0.0476 e. The summed E-state index contributed by atoms with van der Waals surface area (Å²) in [6.07, 6.45) is 4.80. The molecule has 25 heavy (non-hydrogen) atoms. The summed E-state index contributed by atoms with van der Waals surface area (Å²) in [5.74, 6) is 0. The van der Waals surface area contributed by atoms with Crippen molar-refractivity contribution in [2.75, 3.05) is 0 Å². The maximum absolute atomic E-state index is 6.78. The van der Waals surface area contributed by atoms with Crippen molar-refractivity contribution in [3.05, 3.63) is 66.7 Å². The fourth-order valence-corrected chi connectivity index (χ4v) is 4.70. The van der Waals surface area contributed by atoms with Crippen molar-refractivity contribution >= 4 is 23.2 Å². The molecule has 0 heterocycles. The van der Waals surface area contributed by atoms with Gasteiger partial charge in [0.1, 0.15) is 0 Å². The molecule has 136 valence electrons. The second-order valence-electron chi connectivity index (χ2n) is 6.82. The Morgan fingerprint density at radius 3 is 1.24 bits per heavy atom. The summed E-state index contributed by atoms with van der Waals surface area (Å²) in [4.78, 5) is 0. The molecule has 2 heteroatoms. The molecule has 0 saturated carbocycles. The van der Waals surface area contributed by atoms with Gasteiger partial charge < -0.3 is 0 Å². The maximum atomic E-state index is 6.78. The molecule has 0 atom stereocenters. The van der Waals surface area contributed by atoms with Crippen LogP contribution in [0.4, 0.5) is 0 Å². The van der Waals surface area contributed by atoms with Crippen molar-refractivity contribution in [2.45, 2.75) is 73.6 Å². The van der Waals surface area contributed by atoms with Gasteiger partial charge in [0.25, 0.3) is 0 Å². The summed E-state index contributed by atoms with van der Waals surface area (Å²) in [5.41, 5.74) is 10.5. The molecule has 0 aliphatic carbocycles. The molecule has 0 nitrogen and oxygen atoms in total. The molecular formula is C23H30Cl2. The number of hydrogen-bond acceptors (Lipinski definition) is 0. The first kappa shape index (κ1) is 20.3. The zero-order valence-electron chi connectivity index (χ0n) is 16.4. The molecule has 2 aromatic rings. The van der Waals surface area contributed by atoms with Crippen LogP contribution in [0.3, 0.4) is 0 Å². The molecule has 0 amide bonds. The van der Waals surface area contributed by atoms with E-state index in [1.165, 1.54) is 44.5 Å². The van der Waals surface area contributed by atoms with Gasteiger partial charge in [0, 0.05) is 16.5 Å². The molecule has 0 saturated heterocycles. The van der Waals surface area contributed by atoms with E-state index in [0.717, 1.165) is 42.1 Å². The zero-order chi connectivity index (χ0) is 18.7. The molecule has 0 spiro atoms. The average molecular weight is 377 g/mol. The number of benzene rings is 2. The lowest BCUT2D eigenvalue weighted by molar-refractivity contribution is 1.00. The number of rotatable bonds is 6.